The average Bonchev–Trinajstić information content (AvgIpc) is 3.85. The van der Waals surface area contributed by atoms with Gasteiger partial charge in [-0.3, -0.25) is 0 Å². The summed E-state index contributed by atoms with van der Waals surface area (Å²) in [5.74, 6) is 1.61. The number of hydrogen-bond acceptors (Lipinski definition) is 3. The second-order valence-corrected chi connectivity index (χ2v) is 22.8. The zero-order valence-electron chi connectivity index (χ0n) is 45.3. The van der Waals surface area contributed by atoms with Crippen LogP contribution in [0.1, 0.15) is 26.3 Å². The zero-order valence-corrected chi connectivity index (χ0v) is 45.3. The second-order valence-electron chi connectivity index (χ2n) is 22.8. The van der Waals surface area contributed by atoms with Crippen LogP contribution in [0, 0.1) is 0 Å². The summed E-state index contributed by atoms with van der Waals surface area (Å²) < 4.78 is 9.83. The molecule has 0 fully saturated rings. The Bertz CT molecular complexity index is 4600. The highest BCUT2D eigenvalue weighted by Gasteiger charge is 2.47. The maximum atomic E-state index is 7.32. The number of rotatable bonds is 5. The Balaban J connectivity index is 1.12. The van der Waals surface area contributed by atoms with E-state index in [0.29, 0.717) is 0 Å². The first kappa shape index (κ1) is 47.0. The molecule has 0 N–H and O–H groups in total. The van der Waals surface area contributed by atoms with Crippen molar-refractivity contribution in [3.63, 3.8) is 0 Å². The maximum Gasteiger partial charge on any atom is 0.252 e. The van der Waals surface area contributed by atoms with Crippen molar-refractivity contribution < 1.29 is 4.74 Å². The normalized spacial score (nSPS) is 12.9. The molecule has 3 aliphatic rings. The predicted octanol–water partition coefficient (Wildman–Crippen LogP) is 18.6. The number of nitrogens with zero attached hydrogens (tertiary/aromatic N) is 3. The van der Waals surface area contributed by atoms with Crippen LogP contribution in [-0.2, 0) is 5.41 Å². The lowest BCUT2D eigenvalue weighted by molar-refractivity contribution is 0.486. The van der Waals surface area contributed by atoms with Crippen LogP contribution in [0.2, 0.25) is 0 Å². The summed E-state index contributed by atoms with van der Waals surface area (Å²) in [6, 6.07) is 101. The predicted molar refractivity (Wildman–Crippen MR) is 341 cm³/mol. The van der Waals surface area contributed by atoms with Gasteiger partial charge in [-0.15, -0.1) is 0 Å². The Morgan fingerprint density at radius 2 is 0.827 bits per heavy atom. The van der Waals surface area contributed by atoms with Crippen LogP contribution in [0.3, 0.4) is 0 Å². The van der Waals surface area contributed by atoms with Crippen LogP contribution in [0.25, 0.3) is 83.1 Å². The van der Waals surface area contributed by atoms with E-state index in [1.807, 2.05) is 0 Å². The van der Waals surface area contributed by atoms with E-state index in [9.17, 15) is 0 Å². The van der Waals surface area contributed by atoms with Gasteiger partial charge in [-0.2, -0.15) is 0 Å². The highest BCUT2D eigenvalue weighted by atomic mass is 16.5. The van der Waals surface area contributed by atoms with Crippen molar-refractivity contribution in [1.82, 2.24) is 4.57 Å². The van der Waals surface area contributed by atoms with Gasteiger partial charge in [0.2, 0.25) is 0 Å². The van der Waals surface area contributed by atoms with E-state index in [-0.39, 0.29) is 12.1 Å². The molecule has 3 aliphatic heterocycles. The molecule has 16 rings (SSSR count). The molecule has 0 atom stereocenters. The van der Waals surface area contributed by atoms with E-state index < -0.39 is 0 Å². The molecule has 0 saturated heterocycles. The van der Waals surface area contributed by atoms with Crippen LogP contribution < -0.4 is 30.9 Å². The first-order chi connectivity index (χ1) is 39.8. The van der Waals surface area contributed by atoms with Crippen molar-refractivity contribution >= 4 is 79.0 Å². The first-order valence-electron chi connectivity index (χ1n) is 28.2. The van der Waals surface area contributed by atoms with Gasteiger partial charge in [0.25, 0.3) is 6.71 Å². The van der Waals surface area contributed by atoms with Crippen molar-refractivity contribution in [3.8, 4) is 72.8 Å². The van der Waals surface area contributed by atoms with Crippen LogP contribution >= 0.6 is 0 Å². The number of ether oxygens (including phenoxy) is 1. The Kier molecular flexibility index (Phi) is 10.6. The van der Waals surface area contributed by atoms with Gasteiger partial charge < -0.3 is 19.1 Å². The molecule has 0 aliphatic carbocycles. The Labute approximate surface area is 473 Å². The number of benzene rings is 12. The zero-order chi connectivity index (χ0) is 53.9. The minimum atomic E-state index is -0.293. The largest absolute Gasteiger partial charge is 0.456 e. The number of aromatic nitrogens is 1. The van der Waals surface area contributed by atoms with Gasteiger partial charge in [-0.05, 0) is 121 Å². The Morgan fingerprint density at radius 3 is 1.46 bits per heavy atom. The van der Waals surface area contributed by atoms with Gasteiger partial charge in [0.1, 0.15) is 11.5 Å². The van der Waals surface area contributed by atoms with Gasteiger partial charge in [0.15, 0.2) is 0 Å². The minimum absolute atomic E-state index is 0.220. The van der Waals surface area contributed by atoms with Crippen LogP contribution in [0.4, 0.5) is 34.1 Å². The van der Waals surface area contributed by atoms with Crippen molar-refractivity contribution in [2.24, 2.45) is 0 Å². The van der Waals surface area contributed by atoms with Gasteiger partial charge >= 0.3 is 0 Å². The molecule has 0 unspecified atom stereocenters. The molecule has 4 heterocycles. The Morgan fingerprint density at radius 1 is 0.333 bits per heavy atom. The molecule has 0 spiro atoms. The molecular weight excluding hydrogens is 982 g/mol. The fourth-order valence-electron chi connectivity index (χ4n) is 13.5. The molecular formula is C76H54BN3O. The highest BCUT2D eigenvalue weighted by Crippen LogP contribution is 2.56. The van der Waals surface area contributed by atoms with Crippen molar-refractivity contribution in [1.29, 1.82) is 0 Å². The summed E-state index contributed by atoms with van der Waals surface area (Å²) in [5.41, 5.74) is 26.1. The first-order valence-corrected chi connectivity index (χ1v) is 28.2. The number of anilines is 6. The van der Waals surface area contributed by atoms with Crippen LogP contribution in [-0.4, -0.2) is 11.3 Å². The Hall–Kier alpha value is -10.1. The second kappa shape index (κ2) is 18.2. The lowest BCUT2D eigenvalue weighted by Crippen LogP contribution is -2.61. The standard InChI is InChI=1S/C76H54BN3O/c1-76(2,3)63-33-21-32-61-59-30-15-19-36-71(59)81-72-37-20-16-31-60(72)62-44-54(51-26-11-6-12-27-51)46-65-75(62)80(74(61)63)70-48-56(79-66-34-17-13-28-57(66)58-29-14-18-35-67(58)79)47-69-73(70)77(65)64-45-53(50-24-9-5-10-25-50)40-43-68(64)78(69)55-41-38-52(39-42-55)49-22-7-4-8-23-49/h4-48H,1-3H3. The van der Waals surface area contributed by atoms with E-state index in [2.05, 4.69) is 308 Å². The van der Waals surface area contributed by atoms with Crippen LogP contribution in [0.5, 0.6) is 11.5 Å². The third-order valence-electron chi connectivity index (χ3n) is 17.1. The quantitative estimate of drug-likeness (QED) is 0.160. The average molecular weight is 1040 g/mol. The molecule has 81 heavy (non-hydrogen) atoms. The molecule has 382 valence electrons. The summed E-state index contributed by atoms with van der Waals surface area (Å²) in [7, 11) is 0. The monoisotopic (exact) mass is 1040 g/mol. The van der Waals surface area contributed by atoms with Gasteiger partial charge in [-0.1, -0.05) is 233 Å². The van der Waals surface area contributed by atoms with E-state index in [4.69, 9.17) is 4.74 Å². The number of fused-ring (bicyclic) bond motifs is 13. The fraction of sp³-hybridized carbons (Fsp3) is 0.0526. The molecule has 0 amide bonds. The SMILES string of the molecule is CC(C)(C)c1cccc2c1N1c3cc(-n4c5ccccc5c5ccccc54)cc4c3B(c3cc(-c5ccccc5)ccc3N4c3ccc(-c4ccccc4)cc3)c3cc(-c4ccccc4)cc(c31)-c1ccccc1Oc1ccccc1-2. The molecule has 1 aromatic heterocycles. The fourth-order valence-corrected chi connectivity index (χ4v) is 13.5. The molecule has 0 bridgehead atoms. The van der Waals surface area contributed by atoms with E-state index in [0.717, 1.165) is 95.7 Å². The maximum absolute atomic E-state index is 7.32. The van der Waals surface area contributed by atoms with Gasteiger partial charge in [0, 0.05) is 61.5 Å². The van der Waals surface area contributed by atoms with E-state index in [1.165, 1.54) is 55.0 Å². The highest BCUT2D eigenvalue weighted by molar-refractivity contribution is 7.00. The topological polar surface area (TPSA) is 20.6 Å². The molecule has 4 nitrogen and oxygen atoms in total. The molecule has 13 aromatic rings. The van der Waals surface area contributed by atoms with Crippen molar-refractivity contribution in [3.05, 3.63) is 279 Å². The summed E-state index contributed by atoms with van der Waals surface area (Å²) in [6.07, 6.45) is 0. The van der Waals surface area contributed by atoms with Gasteiger partial charge in [0.05, 0.1) is 22.4 Å². The third-order valence-corrected chi connectivity index (χ3v) is 17.1. The van der Waals surface area contributed by atoms with Crippen molar-refractivity contribution in [2.45, 2.75) is 26.2 Å². The summed E-state index contributed by atoms with van der Waals surface area (Å²) in [4.78, 5) is 5.26. The van der Waals surface area contributed by atoms with E-state index in [1.54, 1.807) is 0 Å². The van der Waals surface area contributed by atoms with Crippen LogP contribution in [0.15, 0.2) is 273 Å². The molecule has 0 radical (unpaired) electrons. The smallest absolute Gasteiger partial charge is 0.252 e. The van der Waals surface area contributed by atoms with Gasteiger partial charge in [-0.25, -0.2) is 0 Å². The number of hydrogen-bond donors (Lipinski definition) is 0. The minimum Gasteiger partial charge on any atom is -0.456 e. The van der Waals surface area contributed by atoms with E-state index >= 15 is 0 Å². The molecule has 0 saturated carbocycles. The lowest BCUT2D eigenvalue weighted by Gasteiger charge is -2.47. The van der Waals surface area contributed by atoms with Crippen molar-refractivity contribution in [2.75, 3.05) is 9.80 Å². The summed E-state index contributed by atoms with van der Waals surface area (Å²) in [5, 5.41) is 2.44. The third kappa shape index (κ3) is 7.39. The lowest BCUT2D eigenvalue weighted by atomic mass is 9.33. The summed E-state index contributed by atoms with van der Waals surface area (Å²) in [6.45, 7) is 6.86. The molecule has 12 aromatic carbocycles. The summed E-state index contributed by atoms with van der Waals surface area (Å²) >= 11 is 0. The number of para-hydroxylation sites is 5. The molecule has 5 heteroatoms.